The van der Waals surface area contributed by atoms with Gasteiger partial charge >= 0.3 is 12.0 Å². The number of urea groups is 1. The second kappa shape index (κ2) is 5.77. The summed E-state index contributed by atoms with van der Waals surface area (Å²) in [5, 5.41) is 14.8. The Balaban J connectivity index is 2.26. The van der Waals surface area contributed by atoms with Crippen LogP contribution in [0.1, 0.15) is 0 Å². The van der Waals surface area contributed by atoms with Crippen molar-refractivity contribution in [2.24, 2.45) is 0 Å². The molecule has 10 nitrogen and oxygen atoms in total. The van der Waals surface area contributed by atoms with Gasteiger partial charge in [0, 0.05) is 0 Å². The summed E-state index contributed by atoms with van der Waals surface area (Å²) in [7, 11) is 0. The molecule has 1 aliphatic heterocycles. The van der Waals surface area contributed by atoms with E-state index in [2.05, 4.69) is 21.5 Å². The largest absolute Gasteiger partial charge is 0.480 e. The van der Waals surface area contributed by atoms with Crippen LogP contribution in [0.5, 0.6) is 0 Å². The molecule has 0 bridgehead atoms. The maximum atomic E-state index is 11.2. The van der Waals surface area contributed by atoms with Crippen molar-refractivity contribution >= 4 is 23.8 Å². The van der Waals surface area contributed by atoms with Gasteiger partial charge in [0.15, 0.2) is 6.17 Å². The van der Waals surface area contributed by atoms with Crippen molar-refractivity contribution in [2.45, 2.75) is 6.17 Å². The lowest BCUT2D eigenvalue weighted by molar-refractivity contribution is -0.138. The number of hydrogen-bond donors (Lipinski definition) is 6. The van der Waals surface area contributed by atoms with E-state index in [-0.39, 0.29) is 6.54 Å². The third kappa shape index (κ3) is 4.44. The highest BCUT2D eigenvalue weighted by atomic mass is 16.4. The fraction of sp³-hybridized carbons (Fsp3) is 0.429. The number of carboxylic acid groups (broad SMARTS) is 1. The van der Waals surface area contributed by atoms with E-state index in [1.54, 1.807) is 0 Å². The van der Waals surface area contributed by atoms with Gasteiger partial charge in [-0.15, -0.1) is 0 Å². The smallest absolute Gasteiger partial charge is 0.335 e. The second-order valence-electron chi connectivity index (χ2n) is 3.07. The first-order chi connectivity index (χ1) is 7.99. The Hall–Kier alpha value is -2.20. The van der Waals surface area contributed by atoms with Crippen LogP contribution in [0.2, 0.25) is 0 Å². The van der Waals surface area contributed by atoms with Crippen LogP contribution >= 0.6 is 0 Å². The number of carboxylic acids is 1. The Labute approximate surface area is 95.1 Å². The van der Waals surface area contributed by atoms with E-state index in [9.17, 15) is 19.2 Å². The summed E-state index contributed by atoms with van der Waals surface area (Å²) in [6.45, 7) is -0.768. The van der Waals surface area contributed by atoms with Gasteiger partial charge < -0.3 is 10.4 Å². The van der Waals surface area contributed by atoms with Gasteiger partial charge in [-0.2, -0.15) is 0 Å². The number of hydrogen-bond acceptors (Lipinski definition) is 6. The molecule has 1 unspecified atom stereocenters. The van der Waals surface area contributed by atoms with Gasteiger partial charge in [0.1, 0.15) is 6.54 Å². The zero-order valence-electron chi connectivity index (χ0n) is 8.57. The van der Waals surface area contributed by atoms with Crippen molar-refractivity contribution in [3.63, 3.8) is 0 Å². The summed E-state index contributed by atoms with van der Waals surface area (Å²) in [6.07, 6.45) is -0.955. The van der Waals surface area contributed by atoms with Crippen LogP contribution in [-0.4, -0.2) is 48.2 Å². The number of carbonyl (C=O) groups is 4. The van der Waals surface area contributed by atoms with Crippen LogP contribution in [0.4, 0.5) is 4.79 Å². The molecule has 1 fully saturated rings. The molecular formula is C7H11N5O5. The lowest BCUT2D eigenvalue weighted by Crippen LogP contribution is -2.67. The number of rotatable bonds is 5. The molecule has 1 heterocycles. The van der Waals surface area contributed by atoms with E-state index in [1.165, 1.54) is 0 Å². The Morgan fingerprint density at radius 1 is 1.29 bits per heavy atom. The fourth-order valence-corrected chi connectivity index (χ4v) is 0.994. The number of hydrazine groups is 1. The Morgan fingerprint density at radius 2 is 2.00 bits per heavy atom. The molecular weight excluding hydrogens is 234 g/mol. The van der Waals surface area contributed by atoms with E-state index in [0.717, 1.165) is 0 Å². The molecule has 4 amide bonds. The maximum absolute atomic E-state index is 11.2. The molecule has 6 N–H and O–H groups in total. The highest BCUT2D eigenvalue weighted by molar-refractivity contribution is 5.98. The molecule has 0 spiro atoms. The van der Waals surface area contributed by atoms with Gasteiger partial charge in [0.05, 0.1) is 6.54 Å². The van der Waals surface area contributed by atoms with E-state index in [0.29, 0.717) is 0 Å². The zero-order chi connectivity index (χ0) is 12.8. The van der Waals surface area contributed by atoms with Crippen molar-refractivity contribution in [3.8, 4) is 0 Å². The molecule has 1 atom stereocenters. The topological polar surface area (TPSA) is 149 Å². The Bertz CT molecular complexity index is 357. The molecule has 0 aromatic heterocycles. The van der Waals surface area contributed by atoms with Crippen LogP contribution in [-0.2, 0) is 14.4 Å². The van der Waals surface area contributed by atoms with Gasteiger partial charge in [-0.1, -0.05) is 0 Å². The molecule has 0 aromatic carbocycles. The van der Waals surface area contributed by atoms with Crippen LogP contribution in [0.25, 0.3) is 0 Å². The molecule has 0 radical (unpaired) electrons. The van der Waals surface area contributed by atoms with Crippen LogP contribution in [0.3, 0.4) is 0 Å². The standard InChI is InChI=1S/C7H11N5O5/c13-3(8-2-4(14)15)1-9-5-6(16)10-7(17)12-11-5/h5,9,11H,1-2H2,(H,8,13)(H,14,15)(H2,10,12,16,17). The average Bonchev–Trinajstić information content (AvgIpc) is 2.25. The molecule has 0 aromatic rings. The Morgan fingerprint density at radius 3 is 2.59 bits per heavy atom. The highest BCUT2D eigenvalue weighted by Gasteiger charge is 2.25. The summed E-state index contributed by atoms with van der Waals surface area (Å²) in [6, 6.07) is -0.691. The minimum Gasteiger partial charge on any atom is -0.480 e. The highest BCUT2D eigenvalue weighted by Crippen LogP contribution is 1.83. The van der Waals surface area contributed by atoms with E-state index in [1.807, 2.05) is 5.32 Å². The third-order valence-electron chi connectivity index (χ3n) is 1.73. The molecule has 17 heavy (non-hydrogen) atoms. The van der Waals surface area contributed by atoms with E-state index < -0.39 is 36.5 Å². The van der Waals surface area contributed by atoms with Gasteiger partial charge in [0.2, 0.25) is 5.91 Å². The van der Waals surface area contributed by atoms with Crippen molar-refractivity contribution in [1.82, 2.24) is 26.8 Å². The SMILES string of the molecule is O=C(O)CNC(=O)CNC1NNC(=O)NC1=O. The fourth-order valence-electron chi connectivity index (χ4n) is 0.994. The van der Waals surface area contributed by atoms with Crippen molar-refractivity contribution in [1.29, 1.82) is 0 Å². The summed E-state index contributed by atoms with van der Waals surface area (Å²) in [5.41, 5.74) is 4.45. The molecule has 0 saturated carbocycles. The number of aliphatic carboxylic acids is 1. The molecule has 1 saturated heterocycles. The van der Waals surface area contributed by atoms with Gasteiger partial charge in [-0.3, -0.25) is 30.4 Å². The van der Waals surface area contributed by atoms with Gasteiger partial charge in [-0.25, -0.2) is 10.2 Å². The molecule has 1 aliphatic rings. The van der Waals surface area contributed by atoms with Crippen molar-refractivity contribution in [3.05, 3.63) is 0 Å². The number of amides is 4. The Kier molecular flexibility index (Phi) is 4.37. The first-order valence-corrected chi connectivity index (χ1v) is 4.57. The summed E-state index contributed by atoms with van der Waals surface area (Å²) in [4.78, 5) is 43.0. The number of imide groups is 1. The summed E-state index contributed by atoms with van der Waals surface area (Å²) >= 11 is 0. The number of carbonyl (C=O) groups excluding carboxylic acids is 3. The minimum absolute atomic E-state index is 0.270. The average molecular weight is 245 g/mol. The summed E-state index contributed by atoms with van der Waals surface area (Å²) < 4.78 is 0. The first-order valence-electron chi connectivity index (χ1n) is 4.57. The molecule has 10 heteroatoms. The van der Waals surface area contributed by atoms with Crippen LogP contribution in [0, 0.1) is 0 Å². The first kappa shape index (κ1) is 12.9. The summed E-state index contributed by atoms with van der Waals surface area (Å²) in [5.74, 6) is -2.39. The predicted molar refractivity (Wildman–Crippen MR) is 52.2 cm³/mol. The normalized spacial score (nSPS) is 19.2. The van der Waals surface area contributed by atoms with E-state index >= 15 is 0 Å². The van der Waals surface area contributed by atoms with Gasteiger partial charge in [0.25, 0.3) is 5.91 Å². The zero-order valence-corrected chi connectivity index (χ0v) is 8.57. The molecule has 0 aliphatic carbocycles. The maximum Gasteiger partial charge on any atom is 0.335 e. The minimum atomic E-state index is -1.17. The van der Waals surface area contributed by atoms with Crippen LogP contribution in [0.15, 0.2) is 0 Å². The monoisotopic (exact) mass is 245 g/mol. The molecule has 1 rings (SSSR count). The van der Waals surface area contributed by atoms with Gasteiger partial charge in [-0.05, 0) is 0 Å². The van der Waals surface area contributed by atoms with E-state index in [4.69, 9.17) is 5.11 Å². The van der Waals surface area contributed by atoms with Crippen molar-refractivity contribution in [2.75, 3.05) is 13.1 Å². The predicted octanol–water partition coefficient (Wildman–Crippen LogP) is -3.55. The molecule has 94 valence electrons. The lowest BCUT2D eigenvalue weighted by atomic mass is 10.4. The quantitative estimate of drug-likeness (QED) is 0.293. The van der Waals surface area contributed by atoms with Crippen molar-refractivity contribution < 1.29 is 24.3 Å². The number of nitrogens with one attached hydrogen (secondary N) is 5. The third-order valence-corrected chi connectivity index (χ3v) is 1.73. The van der Waals surface area contributed by atoms with Crippen LogP contribution < -0.4 is 26.8 Å². The lowest BCUT2D eigenvalue weighted by Gasteiger charge is -2.23. The second-order valence-corrected chi connectivity index (χ2v) is 3.07.